The third kappa shape index (κ3) is 3.86. The standard InChI is InChI=1S/C11H14BrISi/c1-14(2,3)11(13)8-9-4-6-10(12)7-5-9/h4-8H,1-3H3/b11-8+. The molecule has 0 fully saturated rings. The Labute approximate surface area is 109 Å². The largest absolute Gasteiger partial charge is 0.0854 e. The van der Waals surface area contributed by atoms with E-state index in [0.717, 1.165) is 4.47 Å². The zero-order valence-corrected chi connectivity index (χ0v) is 13.4. The number of hydrogen-bond acceptors (Lipinski definition) is 0. The van der Waals surface area contributed by atoms with Crippen molar-refractivity contribution in [2.24, 2.45) is 0 Å². The molecule has 0 saturated carbocycles. The number of hydrogen-bond donors (Lipinski definition) is 0. The number of rotatable bonds is 2. The van der Waals surface area contributed by atoms with Crippen LogP contribution in [-0.4, -0.2) is 8.07 Å². The van der Waals surface area contributed by atoms with Gasteiger partial charge in [-0.25, -0.2) is 0 Å². The van der Waals surface area contributed by atoms with Crippen molar-refractivity contribution in [2.45, 2.75) is 19.6 Å². The lowest BCUT2D eigenvalue weighted by molar-refractivity contribution is 1.61. The Balaban J connectivity index is 2.93. The van der Waals surface area contributed by atoms with Crippen molar-refractivity contribution in [1.29, 1.82) is 0 Å². The fourth-order valence-electron chi connectivity index (χ4n) is 0.922. The van der Waals surface area contributed by atoms with Crippen molar-refractivity contribution in [3.63, 3.8) is 0 Å². The van der Waals surface area contributed by atoms with E-state index < -0.39 is 8.07 Å². The van der Waals surface area contributed by atoms with E-state index in [2.05, 4.69) is 88.5 Å². The molecular formula is C11H14BrISi. The fourth-order valence-corrected chi connectivity index (χ4v) is 2.15. The van der Waals surface area contributed by atoms with Crippen LogP contribution in [0.15, 0.2) is 31.9 Å². The molecule has 0 aliphatic carbocycles. The van der Waals surface area contributed by atoms with Gasteiger partial charge in [0.1, 0.15) is 0 Å². The van der Waals surface area contributed by atoms with Crippen LogP contribution in [0.4, 0.5) is 0 Å². The summed E-state index contributed by atoms with van der Waals surface area (Å²) in [6, 6.07) is 8.45. The Hall–Kier alpha value is 0.387. The van der Waals surface area contributed by atoms with E-state index in [0.29, 0.717) is 0 Å². The highest BCUT2D eigenvalue weighted by atomic mass is 127. The molecule has 0 aliphatic heterocycles. The SMILES string of the molecule is C[Si](C)(C)/C(I)=C/c1ccc(Br)cc1. The monoisotopic (exact) mass is 380 g/mol. The zero-order chi connectivity index (χ0) is 10.8. The maximum atomic E-state index is 3.44. The molecule has 0 nitrogen and oxygen atoms in total. The molecule has 0 saturated heterocycles. The molecule has 0 aromatic heterocycles. The van der Waals surface area contributed by atoms with Gasteiger partial charge in [-0.1, -0.05) is 70.3 Å². The van der Waals surface area contributed by atoms with Crippen LogP contribution in [0.1, 0.15) is 5.56 Å². The Morgan fingerprint density at radius 2 is 1.71 bits per heavy atom. The Morgan fingerprint density at radius 3 is 2.14 bits per heavy atom. The van der Waals surface area contributed by atoms with Crippen LogP contribution < -0.4 is 0 Å². The maximum Gasteiger partial charge on any atom is 0.0854 e. The normalized spacial score (nSPS) is 13.1. The van der Waals surface area contributed by atoms with Crippen molar-refractivity contribution >= 4 is 52.7 Å². The van der Waals surface area contributed by atoms with E-state index in [1.807, 2.05) is 0 Å². The highest BCUT2D eigenvalue weighted by Gasteiger charge is 2.16. The van der Waals surface area contributed by atoms with E-state index >= 15 is 0 Å². The van der Waals surface area contributed by atoms with E-state index in [-0.39, 0.29) is 0 Å². The van der Waals surface area contributed by atoms with Gasteiger partial charge in [0.2, 0.25) is 0 Å². The molecule has 0 N–H and O–H groups in total. The fraction of sp³-hybridized carbons (Fsp3) is 0.273. The van der Waals surface area contributed by atoms with E-state index in [4.69, 9.17) is 0 Å². The van der Waals surface area contributed by atoms with Crippen LogP contribution in [0.5, 0.6) is 0 Å². The van der Waals surface area contributed by atoms with Gasteiger partial charge in [0.05, 0.1) is 8.07 Å². The Bertz CT molecular complexity index is 335. The number of halogens is 2. The third-order valence-corrected chi connectivity index (χ3v) is 9.15. The molecule has 1 aromatic rings. The Kier molecular flexibility index (Phi) is 4.40. The first-order valence-electron chi connectivity index (χ1n) is 4.53. The molecule has 76 valence electrons. The van der Waals surface area contributed by atoms with Gasteiger partial charge >= 0.3 is 0 Å². The van der Waals surface area contributed by atoms with Gasteiger partial charge in [-0.05, 0) is 27.0 Å². The first-order chi connectivity index (χ1) is 6.39. The smallest absolute Gasteiger partial charge is 0.0652 e. The lowest BCUT2D eigenvalue weighted by Crippen LogP contribution is -2.19. The first kappa shape index (κ1) is 12.5. The molecule has 3 heteroatoms. The van der Waals surface area contributed by atoms with Gasteiger partial charge in [0.15, 0.2) is 0 Å². The summed E-state index contributed by atoms with van der Waals surface area (Å²) in [5, 5.41) is 0. The summed E-state index contributed by atoms with van der Waals surface area (Å²) in [7, 11) is -1.12. The van der Waals surface area contributed by atoms with Crippen molar-refractivity contribution in [2.75, 3.05) is 0 Å². The minimum Gasteiger partial charge on any atom is -0.0652 e. The first-order valence-corrected chi connectivity index (χ1v) is 9.90. The van der Waals surface area contributed by atoms with Gasteiger partial charge in [0.25, 0.3) is 0 Å². The second-order valence-corrected chi connectivity index (χ2v) is 12.4. The summed E-state index contributed by atoms with van der Waals surface area (Å²) in [5.74, 6) is 0. The molecule has 0 atom stereocenters. The minimum atomic E-state index is -1.12. The average molecular weight is 381 g/mol. The lowest BCUT2D eigenvalue weighted by atomic mass is 10.2. The summed E-state index contributed by atoms with van der Waals surface area (Å²) in [5.41, 5.74) is 1.29. The molecule has 1 rings (SSSR count). The van der Waals surface area contributed by atoms with Gasteiger partial charge < -0.3 is 0 Å². The summed E-state index contributed by atoms with van der Waals surface area (Å²) < 4.78 is 2.65. The summed E-state index contributed by atoms with van der Waals surface area (Å²) in [4.78, 5) is 0. The van der Waals surface area contributed by atoms with Crippen LogP contribution in [0.3, 0.4) is 0 Å². The van der Waals surface area contributed by atoms with E-state index in [9.17, 15) is 0 Å². The topological polar surface area (TPSA) is 0 Å². The molecule has 0 heterocycles. The van der Waals surface area contributed by atoms with Crippen molar-refractivity contribution in [3.8, 4) is 0 Å². The molecule has 0 amide bonds. The summed E-state index contributed by atoms with van der Waals surface area (Å²) >= 11 is 5.91. The van der Waals surface area contributed by atoms with Gasteiger partial charge in [-0.3, -0.25) is 0 Å². The zero-order valence-electron chi connectivity index (χ0n) is 8.64. The Morgan fingerprint density at radius 1 is 1.21 bits per heavy atom. The van der Waals surface area contributed by atoms with E-state index in [1.54, 1.807) is 0 Å². The molecule has 0 unspecified atom stereocenters. The van der Waals surface area contributed by atoms with Crippen molar-refractivity contribution in [3.05, 3.63) is 37.5 Å². The molecule has 0 aliphatic rings. The van der Waals surface area contributed by atoms with E-state index in [1.165, 1.54) is 8.77 Å². The van der Waals surface area contributed by atoms with Gasteiger partial charge in [0, 0.05) is 4.47 Å². The van der Waals surface area contributed by atoms with Crippen LogP contribution in [0.2, 0.25) is 19.6 Å². The molecular weight excluding hydrogens is 367 g/mol. The van der Waals surface area contributed by atoms with Crippen LogP contribution in [0, 0.1) is 0 Å². The van der Waals surface area contributed by atoms with Crippen LogP contribution in [-0.2, 0) is 0 Å². The van der Waals surface area contributed by atoms with Crippen LogP contribution >= 0.6 is 38.5 Å². The average Bonchev–Trinajstić information content (AvgIpc) is 2.07. The molecule has 0 radical (unpaired) electrons. The van der Waals surface area contributed by atoms with Gasteiger partial charge in [-0.2, -0.15) is 0 Å². The van der Waals surface area contributed by atoms with Crippen LogP contribution in [0.25, 0.3) is 6.08 Å². The number of benzene rings is 1. The maximum absolute atomic E-state index is 3.44. The van der Waals surface area contributed by atoms with Crippen molar-refractivity contribution < 1.29 is 0 Å². The predicted molar refractivity (Wildman–Crippen MR) is 79.5 cm³/mol. The minimum absolute atomic E-state index is 1.12. The summed E-state index contributed by atoms with van der Waals surface area (Å²) in [6.07, 6.45) is 2.29. The highest BCUT2D eigenvalue weighted by Crippen LogP contribution is 2.24. The third-order valence-electron chi connectivity index (χ3n) is 1.88. The quantitative estimate of drug-likeness (QED) is 0.494. The second kappa shape index (κ2) is 4.94. The van der Waals surface area contributed by atoms with Crippen molar-refractivity contribution in [1.82, 2.24) is 0 Å². The molecule has 0 bridgehead atoms. The summed E-state index contributed by atoms with van der Waals surface area (Å²) in [6.45, 7) is 7.10. The predicted octanol–water partition coefficient (Wildman–Crippen LogP) is 5.10. The lowest BCUT2D eigenvalue weighted by Gasteiger charge is -2.14. The molecule has 0 spiro atoms. The van der Waals surface area contributed by atoms with Gasteiger partial charge in [-0.15, -0.1) is 0 Å². The molecule has 1 aromatic carbocycles. The highest BCUT2D eigenvalue weighted by molar-refractivity contribution is 14.1. The second-order valence-electron chi connectivity index (χ2n) is 4.29. The molecule has 14 heavy (non-hydrogen) atoms.